The second-order valence-electron chi connectivity index (χ2n) is 4.79. The molecule has 0 aliphatic rings. The van der Waals surface area contributed by atoms with Gasteiger partial charge in [-0.2, -0.15) is 0 Å². The number of hydrogen-bond donors (Lipinski definition) is 2. The lowest BCUT2D eigenvalue weighted by Gasteiger charge is -2.16. The van der Waals surface area contributed by atoms with Crippen molar-refractivity contribution < 1.29 is 5.11 Å². The van der Waals surface area contributed by atoms with Crippen molar-refractivity contribution in [1.29, 1.82) is 0 Å². The minimum absolute atomic E-state index is 0.110. The van der Waals surface area contributed by atoms with Crippen molar-refractivity contribution in [1.82, 2.24) is 5.32 Å². The van der Waals surface area contributed by atoms with Crippen LogP contribution in [0.3, 0.4) is 0 Å². The third-order valence-electron chi connectivity index (χ3n) is 3.15. The fourth-order valence-electron chi connectivity index (χ4n) is 2.05. The van der Waals surface area contributed by atoms with Crippen molar-refractivity contribution >= 4 is 15.9 Å². The van der Waals surface area contributed by atoms with Gasteiger partial charge in [-0.3, -0.25) is 0 Å². The van der Waals surface area contributed by atoms with Crippen LogP contribution in [0, 0.1) is 6.92 Å². The number of halogens is 1. The molecule has 0 amide bonds. The monoisotopic (exact) mass is 319 g/mol. The summed E-state index contributed by atoms with van der Waals surface area (Å²) in [6, 6.07) is 14.0. The molecule has 2 aromatic carbocycles. The van der Waals surface area contributed by atoms with Gasteiger partial charge in [0.05, 0.1) is 0 Å². The zero-order valence-electron chi connectivity index (χ0n) is 11.2. The van der Waals surface area contributed by atoms with Gasteiger partial charge in [0, 0.05) is 22.6 Å². The quantitative estimate of drug-likeness (QED) is 0.879. The minimum atomic E-state index is 0.110. The first kappa shape index (κ1) is 14.1. The van der Waals surface area contributed by atoms with Crippen molar-refractivity contribution in [3.63, 3.8) is 0 Å². The standard InChI is InChI=1S/C16H18BrNO/c1-11-6-7-16(19)15(8-11)12(2)18-10-13-4-3-5-14(17)9-13/h3-9,12,18-19H,10H2,1-2H3. The Morgan fingerprint density at radius 3 is 2.74 bits per heavy atom. The van der Waals surface area contributed by atoms with Crippen molar-refractivity contribution in [3.05, 3.63) is 63.6 Å². The van der Waals surface area contributed by atoms with E-state index in [1.165, 1.54) is 5.56 Å². The summed E-state index contributed by atoms with van der Waals surface area (Å²) in [6.07, 6.45) is 0. The summed E-state index contributed by atoms with van der Waals surface area (Å²) in [5.41, 5.74) is 3.31. The number of phenols is 1. The van der Waals surface area contributed by atoms with Crippen molar-refractivity contribution in [2.45, 2.75) is 26.4 Å². The summed E-state index contributed by atoms with van der Waals surface area (Å²) >= 11 is 3.47. The Bertz CT molecular complexity index is 568. The van der Waals surface area contributed by atoms with Crippen LogP contribution in [0.4, 0.5) is 0 Å². The molecule has 0 saturated heterocycles. The summed E-state index contributed by atoms with van der Waals surface area (Å²) in [7, 11) is 0. The SMILES string of the molecule is Cc1ccc(O)c(C(C)NCc2cccc(Br)c2)c1. The third kappa shape index (κ3) is 3.82. The third-order valence-corrected chi connectivity index (χ3v) is 3.64. The van der Waals surface area contributed by atoms with Crippen LogP contribution in [0.15, 0.2) is 46.9 Å². The van der Waals surface area contributed by atoms with Gasteiger partial charge >= 0.3 is 0 Å². The minimum Gasteiger partial charge on any atom is -0.508 e. The van der Waals surface area contributed by atoms with E-state index in [1.54, 1.807) is 6.07 Å². The average Bonchev–Trinajstić information content (AvgIpc) is 2.39. The number of aromatic hydroxyl groups is 1. The molecule has 0 fully saturated rings. The molecule has 2 N–H and O–H groups in total. The predicted molar refractivity (Wildman–Crippen MR) is 82.2 cm³/mol. The van der Waals surface area contributed by atoms with E-state index in [9.17, 15) is 5.11 Å². The fraction of sp³-hybridized carbons (Fsp3) is 0.250. The molecule has 0 aliphatic carbocycles. The highest BCUT2D eigenvalue weighted by Crippen LogP contribution is 2.25. The van der Waals surface area contributed by atoms with Crippen LogP contribution >= 0.6 is 15.9 Å². The first-order chi connectivity index (χ1) is 9.06. The molecule has 2 nitrogen and oxygen atoms in total. The molecule has 0 saturated carbocycles. The Balaban J connectivity index is 2.05. The van der Waals surface area contributed by atoms with Crippen LogP contribution in [0.5, 0.6) is 5.75 Å². The number of nitrogens with one attached hydrogen (secondary N) is 1. The molecule has 3 heteroatoms. The van der Waals surface area contributed by atoms with Crippen LogP contribution in [-0.2, 0) is 6.54 Å². The molecule has 0 bridgehead atoms. The van der Waals surface area contributed by atoms with Gasteiger partial charge in [-0.05, 0) is 37.6 Å². The summed E-state index contributed by atoms with van der Waals surface area (Å²) in [5.74, 6) is 0.347. The predicted octanol–water partition coefficient (Wildman–Crippen LogP) is 4.31. The lowest BCUT2D eigenvalue weighted by atomic mass is 10.0. The second-order valence-corrected chi connectivity index (χ2v) is 5.71. The van der Waals surface area contributed by atoms with Gasteiger partial charge in [-0.1, -0.05) is 45.8 Å². The van der Waals surface area contributed by atoms with Crippen LogP contribution in [0.1, 0.15) is 29.7 Å². The zero-order chi connectivity index (χ0) is 13.8. The topological polar surface area (TPSA) is 32.3 Å². The van der Waals surface area contributed by atoms with E-state index < -0.39 is 0 Å². The molecule has 2 aromatic rings. The summed E-state index contributed by atoms with van der Waals surface area (Å²) < 4.78 is 1.08. The maximum atomic E-state index is 9.90. The molecule has 0 spiro atoms. The van der Waals surface area contributed by atoms with E-state index in [0.29, 0.717) is 5.75 Å². The Morgan fingerprint density at radius 1 is 1.21 bits per heavy atom. The smallest absolute Gasteiger partial charge is 0.120 e. The number of aryl methyl sites for hydroxylation is 1. The fourth-order valence-corrected chi connectivity index (χ4v) is 2.50. The van der Waals surface area contributed by atoms with E-state index in [2.05, 4.69) is 40.3 Å². The molecule has 0 aromatic heterocycles. The van der Waals surface area contributed by atoms with Crippen LogP contribution < -0.4 is 5.32 Å². The van der Waals surface area contributed by atoms with Gasteiger partial charge in [0.1, 0.15) is 5.75 Å². The van der Waals surface area contributed by atoms with E-state index >= 15 is 0 Å². The Labute approximate surface area is 122 Å². The van der Waals surface area contributed by atoms with Gasteiger partial charge < -0.3 is 10.4 Å². The maximum absolute atomic E-state index is 9.90. The highest BCUT2D eigenvalue weighted by atomic mass is 79.9. The van der Waals surface area contributed by atoms with Crippen LogP contribution in [0.2, 0.25) is 0 Å². The van der Waals surface area contributed by atoms with E-state index in [1.807, 2.05) is 31.2 Å². The highest BCUT2D eigenvalue weighted by molar-refractivity contribution is 9.10. The molecule has 19 heavy (non-hydrogen) atoms. The molecule has 0 heterocycles. The van der Waals surface area contributed by atoms with E-state index in [0.717, 1.165) is 22.1 Å². The van der Waals surface area contributed by atoms with Crippen molar-refractivity contribution in [2.24, 2.45) is 0 Å². The molecule has 0 radical (unpaired) electrons. The normalized spacial score (nSPS) is 12.4. The van der Waals surface area contributed by atoms with Gasteiger partial charge in [-0.25, -0.2) is 0 Å². The number of benzene rings is 2. The number of hydrogen-bond acceptors (Lipinski definition) is 2. The molecular formula is C16H18BrNO. The summed E-state index contributed by atoms with van der Waals surface area (Å²) in [5, 5.41) is 13.3. The average molecular weight is 320 g/mol. The number of rotatable bonds is 4. The van der Waals surface area contributed by atoms with E-state index in [4.69, 9.17) is 0 Å². The highest BCUT2D eigenvalue weighted by Gasteiger charge is 2.10. The lowest BCUT2D eigenvalue weighted by molar-refractivity contribution is 0.452. The summed E-state index contributed by atoms with van der Waals surface area (Å²) in [4.78, 5) is 0. The Hall–Kier alpha value is -1.32. The zero-order valence-corrected chi connectivity index (χ0v) is 12.7. The molecule has 1 unspecified atom stereocenters. The number of phenolic OH excluding ortho intramolecular Hbond substituents is 1. The first-order valence-corrected chi connectivity index (χ1v) is 7.13. The molecule has 1 atom stereocenters. The second kappa shape index (κ2) is 6.22. The molecular weight excluding hydrogens is 302 g/mol. The van der Waals surface area contributed by atoms with Gasteiger partial charge in [-0.15, -0.1) is 0 Å². The molecule has 0 aliphatic heterocycles. The van der Waals surface area contributed by atoms with Crippen LogP contribution in [0.25, 0.3) is 0 Å². The van der Waals surface area contributed by atoms with Crippen LogP contribution in [-0.4, -0.2) is 5.11 Å². The summed E-state index contributed by atoms with van der Waals surface area (Å²) in [6.45, 7) is 4.87. The van der Waals surface area contributed by atoms with Crippen molar-refractivity contribution in [3.8, 4) is 5.75 Å². The van der Waals surface area contributed by atoms with Gasteiger partial charge in [0.25, 0.3) is 0 Å². The molecule has 2 rings (SSSR count). The van der Waals surface area contributed by atoms with Crippen molar-refractivity contribution in [2.75, 3.05) is 0 Å². The van der Waals surface area contributed by atoms with Gasteiger partial charge in [0.15, 0.2) is 0 Å². The Kier molecular flexibility index (Phi) is 4.61. The lowest BCUT2D eigenvalue weighted by Crippen LogP contribution is -2.18. The largest absolute Gasteiger partial charge is 0.508 e. The maximum Gasteiger partial charge on any atom is 0.120 e. The Morgan fingerprint density at radius 2 is 2.00 bits per heavy atom. The van der Waals surface area contributed by atoms with Gasteiger partial charge in [0.2, 0.25) is 0 Å². The van der Waals surface area contributed by atoms with E-state index in [-0.39, 0.29) is 6.04 Å². The molecule has 100 valence electrons. The first-order valence-electron chi connectivity index (χ1n) is 6.33.